The Kier molecular flexibility index (Phi) is 11.4. The van der Waals surface area contributed by atoms with Gasteiger partial charge in [0, 0.05) is 0 Å². The fourth-order valence-corrected chi connectivity index (χ4v) is 14.6. The third-order valence-corrected chi connectivity index (χ3v) is 16.4. The molecule has 36 heavy (non-hydrogen) atoms. The number of hydrogen-bond acceptors (Lipinski definition) is 0. The summed E-state index contributed by atoms with van der Waals surface area (Å²) in [6.07, 6.45) is 7.75. The van der Waals surface area contributed by atoms with Crippen molar-refractivity contribution in [2.24, 2.45) is 0 Å². The minimum Gasteiger partial charge on any atom is -0.327 e. The van der Waals surface area contributed by atoms with Gasteiger partial charge in [-0.25, -0.2) is 7.42 Å². The lowest BCUT2D eigenvalue weighted by Gasteiger charge is -2.32. The van der Waals surface area contributed by atoms with Crippen LogP contribution in [0.4, 0.5) is 0 Å². The first-order chi connectivity index (χ1) is 17.8. The molecular formula is C32H36BrP2Si-. The zero-order valence-corrected chi connectivity index (χ0v) is 25.6. The van der Waals surface area contributed by atoms with Gasteiger partial charge in [-0.2, -0.15) is 11.2 Å². The zero-order valence-electron chi connectivity index (χ0n) is 21.2. The fraction of sp³-hybridized carbons (Fsp3) is 0.250. The van der Waals surface area contributed by atoms with Crippen LogP contribution in [0.5, 0.6) is 0 Å². The molecule has 1 unspecified atom stereocenters. The predicted octanol–water partition coefficient (Wildman–Crippen LogP) is 7.43. The molecule has 0 fully saturated rings. The Bertz CT molecular complexity index is 1110. The van der Waals surface area contributed by atoms with Crippen LogP contribution in [-0.4, -0.2) is 19.7 Å². The van der Waals surface area contributed by atoms with E-state index >= 15 is 0 Å². The number of benzene rings is 4. The molecule has 0 spiro atoms. The molecule has 4 rings (SSSR count). The van der Waals surface area contributed by atoms with Crippen LogP contribution in [0.15, 0.2) is 115 Å². The van der Waals surface area contributed by atoms with E-state index < -0.39 is 15.3 Å². The second-order valence-electron chi connectivity index (χ2n) is 9.04. The molecule has 4 heteroatoms. The molecule has 0 heterocycles. The summed E-state index contributed by atoms with van der Waals surface area (Å²) in [6, 6.07) is 44.3. The van der Waals surface area contributed by atoms with E-state index in [1.807, 2.05) is 0 Å². The maximum Gasteiger partial charge on any atom is -0.0195 e. The van der Waals surface area contributed by atoms with Crippen molar-refractivity contribution in [3.63, 3.8) is 0 Å². The third-order valence-electron chi connectivity index (χ3n) is 6.49. The lowest BCUT2D eigenvalue weighted by Crippen LogP contribution is -2.38. The number of halogens is 1. The lowest BCUT2D eigenvalue weighted by molar-refractivity contribution is 0.700. The van der Waals surface area contributed by atoms with Crippen LogP contribution >= 0.6 is 31.1 Å². The summed E-state index contributed by atoms with van der Waals surface area (Å²) in [5.74, 6) is 0. The first kappa shape index (κ1) is 27.5. The van der Waals surface area contributed by atoms with Crippen LogP contribution in [-0.2, 0) is 0 Å². The maximum absolute atomic E-state index is 4.20. The minimum absolute atomic E-state index is 0.390. The Morgan fingerprint density at radius 2 is 1.03 bits per heavy atom. The molecule has 0 saturated carbocycles. The standard InChI is InChI=1S/C32H36BrP2Si/c1-2-3-4-16-27-36(33)32-24-15-14-23-31(32)35(30-21-12-7-13-22-30)26-25-34(28-17-8-5-9-18-28)29-19-10-6-11-20-29/h5-15,17-24H,2-4,16,25-27H2,1H3/q-1. The van der Waals surface area contributed by atoms with Crippen molar-refractivity contribution in [2.45, 2.75) is 38.7 Å². The van der Waals surface area contributed by atoms with Gasteiger partial charge in [0.1, 0.15) is 0 Å². The van der Waals surface area contributed by atoms with Gasteiger partial charge in [-0.05, 0) is 49.4 Å². The molecule has 186 valence electrons. The summed E-state index contributed by atoms with van der Waals surface area (Å²) >= 11 is 4.20. The van der Waals surface area contributed by atoms with Crippen LogP contribution in [0.25, 0.3) is 0 Å². The van der Waals surface area contributed by atoms with Crippen molar-refractivity contribution in [2.75, 3.05) is 12.3 Å². The molecule has 0 aliphatic rings. The van der Waals surface area contributed by atoms with E-state index in [9.17, 15) is 0 Å². The van der Waals surface area contributed by atoms with Crippen LogP contribution in [0.2, 0.25) is 6.04 Å². The van der Waals surface area contributed by atoms with Gasteiger partial charge in [0.2, 0.25) is 0 Å². The Hall–Kier alpha value is -1.56. The van der Waals surface area contributed by atoms with Gasteiger partial charge in [-0.3, -0.25) is 0 Å². The van der Waals surface area contributed by atoms with Gasteiger partial charge in [0.25, 0.3) is 0 Å². The highest BCUT2D eigenvalue weighted by atomic mass is 79.9. The van der Waals surface area contributed by atoms with Crippen molar-refractivity contribution in [3.8, 4) is 0 Å². The van der Waals surface area contributed by atoms with E-state index in [-0.39, 0.29) is 7.92 Å². The van der Waals surface area contributed by atoms with Crippen molar-refractivity contribution < 1.29 is 0 Å². The van der Waals surface area contributed by atoms with Gasteiger partial charge in [-0.15, -0.1) is 0 Å². The smallest absolute Gasteiger partial charge is 0.0195 e. The normalized spacial score (nSPS) is 12.0. The topological polar surface area (TPSA) is 0 Å². The zero-order chi connectivity index (χ0) is 25.0. The van der Waals surface area contributed by atoms with Crippen LogP contribution in [0.1, 0.15) is 32.6 Å². The largest absolute Gasteiger partial charge is 0.327 e. The summed E-state index contributed by atoms with van der Waals surface area (Å²) in [5, 5.41) is 7.66. The molecule has 4 aromatic carbocycles. The van der Waals surface area contributed by atoms with E-state index in [0.717, 1.165) is 0 Å². The second-order valence-corrected chi connectivity index (χ2v) is 18.4. The molecule has 0 saturated heterocycles. The van der Waals surface area contributed by atoms with Gasteiger partial charge in [-0.1, -0.05) is 148 Å². The molecule has 0 nitrogen and oxygen atoms in total. The van der Waals surface area contributed by atoms with Crippen molar-refractivity contribution in [1.82, 2.24) is 0 Å². The summed E-state index contributed by atoms with van der Waals surface area (Å²) < 4.78 is 0. The molecule has 0 N–H and O–H groups in total. The van der Waals surface area contributed by atoms with Gasteiger partial charge < -0.3 is 15.3 Å². The Morgan fingerprint density at radius 3 is 1.58 bits per heavy atom. The molecule has 0 aromatic heterocycles. The van der Waals surface area contributed by atoms with Crippen molar-refractivity contribution in [1.29, 1.82) is 0 Å². The van der Waals surface area contributed by atoms with E-state index in [1.54, 1.807) is 10.5 Å². The minimum atomic E-state index is -0.736. The molecule has 0 amide bonds. The van der Waals surface area contributed by atoms with E-state index in [0.29, 0.717) is 0 Å². The number of rotatable bonds is 13. The Labute approximate surface area is 230 Å². The van der Waals surface area contributed by atoms with Crippen molar-refractivity contribution >= 4 is 65.0 Å². The molecule has 0 aliphatic heterocycles. The number of unbranched alkanes of at least 4 members (excludes halogenated alkanes) is 3. The fourth-order valence-electron chi connectivity index (χ4n) is 4.60. The summed E-state index contributed by atoms with van der Waals surface area (Å²) in [5.41, 5.74) is 0. The van der Waals surface area contributed by atoms with E-state index in [1.165, 1.54) is 60.0 Å². The molecule has 4 aromatic rings. The maximum atomic E-state index is 4.20. The predicted molar refractivity (Wildman–Crippen MR) is 171 cm³/mol. The van der Waals surface area contributed by atoms with Crippen LogP contribution in [0.3, 0.4) is 0 Å². The third kappa shape index (κ3) is 7.72. The average Bonchev–Trinajstić information content (AvgIpc) is 2.95. The van der Waals surface area contributed by atoms with Gasteiger partial charge in [0.15, 0.2) is 0 Å². The Morgan fingerprint density at radius 1 is 0.556 bits per heavy atom. The van der Waals surface area contributed by atoms with E-state index in [4.69, 9.17) is 0 Å². The van der Waals surface area contributed by atoms with Crippen LogP contribution < -0.4 is 26.4 Å². The molecule has 1 atom stereocenters. The van der Waals surface area contributed by atoms with Crippen molar-refractivity contribution in [3.05, 3.63) is 115 Å². The van der Waals surface area contributed by atoms with E-state index in [2.05, 4.69) is 137 Å². The molecular weight excluding hydrogens is 554 g/mol. The number of hydrogen-bond donors (Lipinski definition) is 0. The monoisotopic (exact) mass is 589 g/mol. The highest BCUT2D eigenvalue weighted by molar-refractivity contribution is 9.25. The second kappa shape index (κ2) is 15.0. The SMILES string of the molecule is CCCCCC[Si-](Br)c1ccccc1P(CCP(c1ccccc1)c1ccccc1)c1ccccc1. The van der Waals surface area contributed by atoms with Gasteiger partial charge in [0.05, 0.1) is 0 Å². The summed E-state index contributed by atoms with van der Waals surface area (Å²) in [4.78, 5) is 0. The quantitative estimate of drug-likeness (QED) is 0.0658. The molecule has 0 aliphatic carbocycles. The highest BCUT2D eigenvalue weighted by Crippen LogP contribution is 2.41. The van der Waals surface area contributed by atoms with Gasteiger partial charge >= 0.3 is 0 Å². The first-order valence-corrected chi connectivity index (χ1v) is 20.1. The molecule has 0 radical (unpaired) electrons. The Balaban J connectivity index is 1.63. The highest BCUT2D eigenvalue weighted by Gasteiger charge is 2.20. The summed E-state index contributed by atoms with van der Waals surface area (Å²) in [6.45, 7) is 2.29. The average molecular weight is 591 g/mol. The van der Waals surface area contributed by atoms with Crippen LogP contribution in [0, 0.1) is 0 Å². The lowest BCUT2D eigenvalue weighted by atomic mass is 10.2. The molecule has 0 bridgehead atoms. The summed E-state index contributed by atoms with van der Waals surface area (Å²) in [7, 11) is -1.55. The first-order valence-electron chi connectivity index (χ1n) is 13.1.